The quantitative estimate of drug-likeness (QED) is 0.409. The molecule has 0 radical (unpaired) electrons. The summed E-state index contributed by atoms with van der Waals surface area (Å²) in [5.74, 6) is 0.211. The summed E-state index contributed by atoms with van der Waals surface area (Å²) in [7, 11) is 0. The first-order valence-electron chi connectivity index (χ1n) is 10.8. The van der Waals surface area contributed by atoms with Gasteiger partial charge in [0, 0.05) is 28.3 Å². The molecule has 5 rings (SSSR count). The van der Waals surface area contributed by atoms with Gasteiger partial charge in [0.25, 0.3) is 5.91 Å². The normalized spacial score (nSPS) is 16.0. The molecular formula is C25H25FN6O. The number of nitrogens with one attached hydrogen (secondary N) is 3. The third kappa shape index (κ3) is 3.77. The summed E-state index contributed by atoms with van der Waals surface area (Å²) < 4.78 is 15.5. The van der Waals surface area contributed by atoms with Gasteiger partial charge < -0.3 is 10.6 Å². The Hall–Kier alpha value is -3.94. The highest BCUT2D eigenvalue weighted by molar-refractivity contribution is 6.06. The van der Waals surface area contributed by atoms with Crippen LogP contribution in [0, 0.1) is 5.82 Å². The molecule has 8 heteroatoms. The van der Waals surface area contributed by atoms with Crippen LogP contribution >= 0.6 is 0 Å². The van der Waals surface area contributed by atoms with Gasteiger partial charge in [0.2, 0.25) is 0 Å². The van der Waals surface area contributed by atoms with E-state index in [0.29, 0.717) is 11.3 Å². The molecule has 1 amide bonds. The van der Waals surface area contributed by atoms with Crippen molar-refractivity contribution in [3.8, 4) is 0 Å². The van der Waals surface area contributed by atoms with Gasteiger partial charge in [-0.3, -0.25) is 9.89 Å². The van der Waals surface area contributed by atoms with Crippen molar-refractivity contribution in [3.05, 3.63) is 83.1 Å². The standard InChI is InChI=1S/C25H25FN6O/c1-14-22(24(33)29-18-9-10-19-16(11-18)13-27-30-19)23(15-5-7-17(26)8-6-15)32-21(28-14)12-20(31-32)25(2,3)4/h5-13,23,28H,1-4H3,(H,27,30)(H,29,33). The SMILES string of the molecule is CC1=C(C(=O)Nc2ccc3[nH]ncc3c2)C(c2ccc(F)cc2)n2nc(C(C)(C)C)cc2N1. The molecule has 0 saturated heterocycles. The lowest BCUT2D eigenvalue weighted by molar-refractivity contribution is -0.113. The van der Waals surface area contributed by atoms with E-state index in [1.165, 1.54) is 12.1 Å². The van der Waals surface area contributed by atoms with Crippen molar-refractivity contribution in [1.82, 2.24) is 20.0 Å². The van der Waals surface area contributed by atoms with Crippen molar-refractivity contribution < 1.29 is 9.18 Å². The number of allylic oxidation sites excluding steroid dienone is 1. The molecule has 1 aliphatic rings. The second-order valence-corrected chi connectivity index (χ2v) is 9.35. The number of carbonyl (C=O) groups excluding carboxylic acids is 1. The van der Waals surface area contributed by atoms with E-state index in [9.17, 15) is 9.18 Å². The average molecular weight is 445 g/mol. The number of hydrogen-bond acceptors (Lipinski definition) is 4. The zero-order valence-electron chi connectivity index (χ0n) is 18.9. The minimum atomic E-state index is -0.504. The van der Waals surface area contributed by atoms with E-state index in [4.69, 9.17) is 5.10 Å². The first kappa shape index (κ1) is 20.9. The summed E-state index contributed by atoms with van der Waals surface area (Å²) >= 11 is 0. The van der Waals surface area contributed by atoms with Gasteiger partial charge in [0.1, 0.15) is 17.7 Å². The molecule has 2 aromatic heterocycles. The summed E-state index contributed by atoms with van der Waals surface area (Å²) in [6, 6.07) is 13.3. The lowest BCUT2D eigenvalue weighted by atomic mass is 9.92. The number of rotatable bonds is 3. The van der Waals surface area contributed by atoms with Gasteiger partial charge in [0.15, 0.2) is 0 Å². The van der Waals surface area contributed by atoms with Crippen LogP contribution in [0.4, 0.5) is 15.9 Å². The number of nitrogens with zero attached hydrogens (tertiary/aromatic N) is 3. The first-order chi connectivity index (χ1) is 15.7. The second kappa shape index (κ2) is 7.58. The van der Waals surface area contributed by atoms with E-state index in [-0.39, 0.29) is 17.1 Å². The van der Waals surface area contributed by atoms with Crippen LogP contribution < -0.4 is 10.6 Å². The molecule has 1 atom stereocenters. The molecular weight excluding hydrogens is 419 g/mol. The zero-order chi connectivity index (χ0) is 23.3. The van der Waals surface area contributed by atoms with Crippen LogP contribution in [0.5, 0.6) is 0 Å². The number of carbonyl (C=O) groups is 1. The van der Waals surface area contributed by atoms with E-state index >= 15 is 0 Å². The number of hydrogen-bond donors (Lipinski definition) is 3. The molecule has 0 saturated carbocycles. The monoisotopic (exact) mass is 444 g/mol. The minimum absolute atomic E-state index is 0.171. The van der Waals surface area contributed by atoms with E-state index in [0.717, 1.165) is 33.7 Å². The van der Waals surface area contributed by atoms with Crippen LogP contribution in [-0.2, 0) is 10.2 Å². The smallest absolute Gasteiger partial charge is 0.255 e. The van der Waals surface area contributed by atoms with E-state index in [2.05, 4.69) is 41.6 Å². The Bertz CT molecular complexity index is 1390. The topological polar surface area (TPSA) is 87.6 Å². The third-order valence-electron chi connectivity index (χ3n) is 5.87. The van der Waals surface area contributed by atoms with E-state index < -0.39 is 6.04 Å². The molecule has 2 aromatic carbocycles. The number of anilines is 2. The van der Waals surface area contributed by atoms with Crippen LogP contribution in [0.2, 0.25) is 0 Å². The number of aromatic nitrogens is 4. The van der Waals surface area contributed by atoms with E-state index in [1.807, 2.05) is 35.9 Å². The van der Waals surface area contributed by atoms with Crippen molar-refractivity contribution in [2.45, 2.75) is 39.2 Å². The van der Waals surface area contributed by atoms with Gasteiger partial charge in [-0.2, -0.15) is 10.2 Å². The van der Waals surface area contributed by atoms with Crippen LogP contribution in [0.15, 0.2) is 66.0 Å². The molecule has 1 aliphatic heterocycles. The van der Waals surface area contributed by atoms with Crippen LogP contribution in [0.1, 0.15) is 45.0 Å². The van der Waals surface area contributed by atoms with Crippen molar-refractivity contribution in [1.29, 1.82) is 0 Å². The summed E-state index contributed by atoms with van der Waals surface area (Å²) in [5.41, 5.74) is 4.30. The molecule has 168 valence electrons. The molecule has 1 unspecified atom stereocenters. The van der Waals surface area contributed by atoms with E-state index in [1.54, 1.807) is 18.3 Å². The number of benzene rings is 2. The van der Waals surface area contributed by atoms with Gasteiger partial charge in [-0.15, -0.1) is 0 Å². The molecule has 0 fully saturated rings. The predicted octanol–water partition coefficient (Wildman–Crippen LogP) is 5.12. The van der Waals surface area contributed by atoms with Crippen molar-refractivity contribution in [3.63, 3.8) is 0 Å². The van der Waals surface area contributed by atoms with Gasteiger partial charge in [0.05, 0.1) is 23.0 Å². The van der Waals surface area contributed by atoms with Crippen molar-refractivity contribution >= 4 is 28.3 Å². The molecule has 0 aliphatic carbocycles. The van der Waals surface area contributed by atoms with Crippen molar-refractivity contribution in [2.24, 2.45) is 0 Å². The number of aromatic amines is 1. The Morgan fingerprint density at radius 2 is 1.88 bits per heavy atom. The summed E-state index contributed by atoms with van der Waals surface area (Å²) in [6.45, 7) is 8.15. The molecule has 0 spiro atoms. The Morgan fingerprint density at radius 3 is 2.61 bits per heavy atom. The Labute approximate surface area is 190 Å². The highest BCUT2D eigenvalue weighted by atomic mass is 19.1. The van der Waals surface area contributed by atoms with Gasteiger partial charge in [-0.1, -0.05) is 32.9 Å². The number of fused-ring (bicyclic) bond motifs is 2. The minimum Gasteiger partial charge on any atom is -0.344 e. The van der Waals surface area contributed by atoms with Gasteiger partial charge in [-0.25, -0.2) is 9.07 Å². The third-order valence-corrected chi connectivity index (χ3v) is 5.87. The molecule has 7 nitrogen and oxygen atoms in total. The number of amides is 1. The lowest BCUT2D eigenvalue weighted by Crippen LogP contribution is -2.31. The van der Waals surface area contributed by atoms with Crippen molar-refractivity contribution in [2.75, 3.05) is 10.6 Å². The second-order valence-electron chi connectivity index (χ2n) is 9.35. The fourth-order valence-electron chi connectivity index (χ4n) is 4.10. The number of H-pyrrole nitrogens is 1. The fourth-order valence-corrected chi connectivity index (χ4v) is 4.10. The van der Waals surface area contributed by atoms with Crippen LogP contribution in [0.3, 0.4) is 0 Å². The average Bonchev–Trinajstić information content (AvgIpc) is 3.39. The van der Waals surface area contributed by atoms with Gasteiger partial charge >= 0.3 is 0 Å². The lowest BCUT2D eigenvalue weighted by Gasteiger charge is -2.29. The zero-order valence-corrected chi connectivity index (χ0v) is 18.9. The summed E-state index contributed by atoms with van der Waals surface area (Å²) in [5, 5.41) is 19.0. The molecule has 33 heavy (non-hydrogen) atoms. The fraction of sp³-hybridized carbons (Fsp3) is 0.240. The maximum absolute atomic E-state index is 13.7. The molecule has 0 bridgehead atoms. The number of halogens is 1. The predicted molar refractivity (Wildman–Crippen MR) is 127 cm³/mol. The Morgan fingerprint density at radius 1 is 1.12 bits per heavy atom. The Balaban J connectivity index is 1.58. The van der Waals surface area contributed by atoms with Crippen LogP contribution in [-0.4, -0.2) is 25.9 Å². The molecule has 4 aromatic rings. The maximum Gasteiger partial charge on any atom is 0.255 e. The maximum atomic E-state index is 13.7. The largest absolute Gasteiger partial charge is 0.344 e. The highest BCUT2D eigenvalue weighted by Gasteiger charge is 2.34. The van der Waals surface area contributed by atoms with Gasteiger partial charge in [-0.05, 0) is 42.8 Å². The first-order valence-corrected chi connectivity index (χ1v) is 10.8. The molecule has 3 N–H and O–H groups in total. The molecule has 3 heterocycles. The highest BCUT2D eigenvalue weighted by Crippen LogP contribution is 2.38. The Kier molecular flexibility index (Phi) is 4.81. The van der Waals surface area contributed by atoms with Crippen LogP contribution in [0.25, 0.3) is 10.9 Å². The summed E-state index contributed by atoms with van der Waals surface area (Å²) in [6.07, 6.45) is 1.71. The summed E-state index contributed by atoms with van der Waals surface area (Å²) in [4.78, 5) is 13.6.